The van der Waals surface area contributed by atoms with Gasteiger partial charge in [-0.3, -0.25) is 9.69 Å². The molecule has 1 N–H and O–H groups in total. The summed E-state index contributed by atoms with van der Waals surface area (Å²) in [6, 6.07) is 6.86. The van der Waals surface area contributed by atoms with Crippen LogP contribution in [0.3, 0.4) is 0 Å². The van der Waals surface area contributed by atoms with E-state index in [0.29, 0.717) is 41.2 Å². The molecule has 2 aromatic rings. The quantitative estimate of drug-likeness (QED) is 0.696. The maximum absolute atomic E-state index is 12.6. The van der Waals surface area contributed by atoms with Gasteiger partial charge in [-0.25, -0.2) is 0 Å². The fourth-order valence-electron chi connectivity index (χ4n) is 2.55. The summed E-state index contributed by atoms with van der Waals surface area (Å²) in [4.78, 5) is 14.6. The number of rotatable bonds is 9. The summed E-state index contributed by atoms with van der Waals surface area (Å²) in [5, 5.41) is 3.26. The van der Waals surface area contributed by atoms with Crippen LogP contribution in [0.4, 0.5) is 0 Å². The summed E-state index contributed by atoms with van der Waals surface area (Å²) >= 11 is 6.33. The molecule has 148 valence electrons. The molecule has 0 aliphatic heterocycles. The maximum Gasteiger partial charge on any atom is 0.251 e. The first kappa shape index (κ1) is 21.1. The van der Waals surface area contributed by atoms with Crippen LogP contribution >= 0.6 is 11.6 Å². The van der Waals surface area contributed by atoms with E-state index in [-0.39, 0.29) is 11.9 Å². The first-order valence-corrected chi connectivity index (χ1v) is 9.19. The number of nitrogens with one attached hydrogen (secondary N) is 1. The van der Waals surface area contributed by atoms with E-state index in [1.807, 2.05) is 45.0 Å². The standard InChI is InChI=1S/C20H27ClN2O4/c1-13(2)12-27-19-15(21)9-14(10-18(19)25-5)20(24)22-11-16(23(3)4)17-7-6-8-26-17/h6-10,13,16H,11-12H2,1-5H3,(H,22,24). The summed E-state index contributed by atoms with van der Waals surface area (Å²) in [6.07, 6.45) is 1.62. The third-order valence-corrected chi connectivity index (χ3v) is 4.28. The molecule has 6 nitrogen and oxygen atoms in total. The van der Waals surface area contributed by atoms with Crippen molar-refractivity contribution in [1.29, 1.82) is 0 Å². The summed E-state index contributed by atoms with van der Waals surface area (Å²) in [5.74, 6) is 1.77. The molecule has 0 bridgehead atoms. The van der Waals surface area contributed by atoms with E-state index in [9.17, 15) is 4.79 Å². The van der Waals surface area contributed by atoms with Crippen molar-refractivity contribution in [3.8, 4) is 11.5 Å². The van der Waals surface area contributed by atoms with Gasteiger partial charge in [-0.2, -0.15) is 0 Å². The maximum atomic E-state index is 12.6. The van der Waals surface area contributed by atoms with Crippen LogP contribution in [-0.2, 0) is 0 Å². The van der Waals surface area contributed by atoms with E-state index in [1.54, 1.807) is 18.4 Å². The van der Waals surface area contributed by atoms with Crippen molar-refractivity contribution in [2.75, 3.05) is 34.4 Å². The molecule has 1 amide bonds. The van der Waals surface area contributed by atoms with Gasteiger partial charge in [0.05, 0.1) is 31.0 Å². The van der Waals surface area contributed by atoms with Crippen molar-refractivity contribution in [3.63, 3.8) is 0 Å². The average Bonchev–Trinajstić information content (AvgIpc) is 3.13. The molecule has 0 aliphatic rings. The van der Waals surface area contributed by atoms with Crippen LogP contribution in [0.15, 0.2) is 34.9 Å². The van der Waals surface area contributed by atoms with Crippen molar-refractivity contribution >= 4 is 17.5 Å². The predicted octanol–water partition coefficient (Wildman–Crippen LogP) is 4.01. The molecule has 27 heavy (non-hydrogen) atoms. The molecule has 0 spiro atoms. The Bertz CT molecular complexity index is 745. The number of benzene rings is 1. The minimum absolute atomic E-state index is 0.0741. The summed E-state index contributed by atoms with van der Waals surface area (Å²) in [7, 11) is 5.38. The Balaban J connectivity index is 2.12. The minimum atomic E-state index is -0.246. The number of hydrogen-bond donors (Lipinski definition) is 1. The number of carbonyl (C=O) groups excluding carboxylic acids is 1. The first-order valence-electron chi connectivity index (χ1n) is 8.81. The highest BCUT2D eigenvalue weighted by molar-refractivity contribution is 6.32. The van der Waals surface area contributed by atoms with E-state index >= 15 is 0 Å². The second-order valence-electron chi connectivity index (χ2n) is 6.90. The highest BCUT2D eigenvalue weighted by Crippen LogP contribution is 2.36. The number of methoxy groups -OCH3 is 1. The Labute approximate surface area is 165 Å². The Kier molecular flexibility index (Phi) is 7.56. The molecule has 1 aromatic heterocycles. The number of furan rings is 1. The van der Waals surface area contributed by atoms with Crippen molar-refractivity contribution in [2.45, 2.75) is 19.9 Å². The lowest BCUT2D eigenvalue weighted by Crippen LogP contribution is -2.34. The van der Waals surface area contributed by atoms with Crippen molar-refractivity contribution in [3.05, 3.63) is 46.9 Å². The Hall–Kier alpha value is -2.18. The second kappa shape index (κ2) is 9.67. The summed E-state index contributed by atoms with van der Waals surface area (Å²) in [6.45, 7) is 4.99. The fraction of sp³-hybridized carbons (Fsp3) is 0.450. The number of nitrogens with zero attached hydrogens (tertiary/aromatic N) is 1. The molecular weight excluding hydrogens is 368 g/mol. The number of carbonyl (C=O) groups is 1. The molecule has 0 saturated heterocycles. The van der Waals surface area contributed by atoms with Gasteiger partial charge in [0.15, 0.2) is 11.5 Å². The zero-order chi connectivity index (χ0) is 20.0. The van der Waals surface area contributed by atoms with Gasteiger partial charge in [-0.15, -0.1) is 0 Å². The van der Waals surface area contributed by atoms with E-state index in [2.05, 4.69) is 5.32 Å². The minimum Gasteiger partial charge on any atom is -0.493 e. The molecule has 2 rings (SSSR count). The zero-order valence-electron chi connectivity index (χ0n) is 16.4. The van der Waals surface area contributed by atoms with E-state index in [4.69, 9.17) is 25.5 Å². The van der Waals surface area contributed by atoms with Gasteiger partial charge in [0.2, 0.25) is 0 Å². The van der Waals surface area contributed by atoms with E-state index in [1.165, 1.54) is 7.11 Å². The van der Waals surface area contributed by atoms with Gasteiger partial charge in [0.25, 0.3) is 5.91 Å². The van der Waals surface area contributed by atoms with E-state index in [0.717, 1.165) is 5.76 Å². The van der Waals surface area contributed by atoms with Crippen LogP contribution in [-0.4, -0.2) is 45.2 Å². The van der Waals surface area contributed by atoms with Gasteiger partial charge in [-0.05, 0) is 44.3 Å². The smallest absolute Gasteiger partial charge is 0.251 e. The summed E-state index contributed by atoms with van der Waals surface area (Å²) < 4.78 is 16.5. The summed E-state index contributed by atoms with van der Waals surface area (Å²) in [5.41, 5.74) is 0.408. The molecule has 0 aliphatic carbocycles. The van der Waals surface area contributed by atoms with Crippen LogP contribution < -0.4 is 14.8 Å². The predicted molar refractivity (Wildman–Crippen MR) is 106 cm³/mol. The van der Waals surface area contributed by atoms with Crippen LogP contribution in [0.2, 0.25) is 5.02 Å². The number of amides is 1. The largest absolute Gasteiger partial charge is 0.493 e. The lowest BCUT2D eigenvalue weighted by Gasteiger charge is -2.22. The highest BCUT2D eigenvalue weighted by Gasteiger charge is 2.20. The Morgan fingerprint density at radius 3 is 2.63 bits per heavy atom. The van der Waals surface area contributed by atoms with Crippen molar-refractivity contribution < 1.29 is 18.7 Å². The third kappa shape index (κ3) is 5.65. The Morgan fingerprint density at radius 2 is 2.07 bits per heavy atom. The molecule has 1 atom stereocenters. The fourth-order valence-corrected chi connectivity index (χ4v) is 2.82. The molecule has 7 heteroatoms. The molecule has 0 fully saturated rings. The molecule has 0 radical (unpaired) electrons. The third-order valence-electron chi connectivity index (χ3n) is 4.00. The molecule has 1 heterocycles. The van der Waals surface area contributed by atoms with Gasteiger partial charge < -0.3 is 19.2 Å². The SMILES string of the molecule is COc1cc(C(=O)NCC(c2ccco2)N(C)C)cc(Cl)c1OCC(C)C. The lowest BCUT2D eigenvalue weighted by atomic mass is 10.1. The average molecular weight is 395 g/mol. The van der Waals surface area contributed by atoms with Gasteiger partial charge in [0.1, 0.15) is 5.76 Å². The molecule has 1 unspecified atom stereocenters. The number of hydrogen-bond acceptors (Lipinski definition) is 5. The number of likely N-dealkylation sites (N-methyl/N-ethyl adjacent to an activating group) is 1. The van der Waals surface area contributed by atoms with E-state index < -0.39 is 0 Å². The number of ether oxygens (including phenoxy) is 2. The normalized spacial score (nSPS) is 12.3. The molecule has 1 aromatic carbocycles. The lowest BCUT2D eigenvalue weighted by molar-refractivity contribution is 0.0938. The van der Waals surface area contributed by atoms with Crippen LogP contribution in [0, 0.1) is 5.92 Å². The van der Waals surface area contributed by atoms with Gasteiger partial charge >= 0.3 is 0 Å². The van der Waals surface area contributed by atoms with Crippen molar-refractivity contribution in [1.82, 2.24) is 10.2 Å². The highest BCUT2D eigenvalue weighted by atomic mass is 35.5. The van der Waals surface area contributed by atoms with Gasteiger partial charge in [0, 0.05) is 12.1 Å². The topological polar surface area (TPSA) is 63.9 Å². The van der Waals surface area contributed by atoms with Crippen LogP contribution in [0.25, 0.3) is 0 Å². The Morgan fingerprint density at radius 1 is 1.33 bits per heavy atom. The van der Waals surface area contributed by atoms with Crippen molar-refractivity contribution in [2.24, 2.45) is 5.92 Å². The zero-order valence-corrected chi connectivity index (χ0v) is 17.2. The van der Waals surface area contributed by atoms with Crippen LogP contribution in [0.1, 0.15) is 36.0 Å². The molecular formula is C20H27ClN2O4. The first-order chi connectivity index (χ1) is 12.8. The van der Waals surface area contributed by atoms with Crippen LogP contribution in [0.5, 0.6) is 11.5 Å². The molecule has 0 saturated carbocycles. The second-order valence-corrected chi connectivity index (χ2v) is 7.31. The van der Waals surface area contributed by atoms with Gasteiger partial charge in [-0.1, -0.05) is 25.4 Å². The monoisotopic (exact) mass is 394 g/mol. The number of halogens is 1.